The SMILES string of the molecule is COc1cc(/C=C(/C#N)C(=O)Nc2ccccc2C(C)=O)ccc1OCc1ccccc1. The molecule has 0 aliphatic carbocycles. The van der Waals surface area contributed by atoms with Crippen molar-refractivity contribution < 1.29 is 19.1 Å². The lowest BCUT2D eigenvalue weighted by Crippen LogP contribution is -2.15. The first-order valence-electron chi connectivity index (χ1n) is 9.89. The van der Waals surface area contributed by atoms with Crippen molar-refractivity contribution in [1.82, 2.24) is 0 Å². The molecule has 3 rings (SSSR count). The summed E-state index contributed by atoms with van der Waals surface area (Å²) in [7, 11) is 1.52. The number of nitriles is 1. The number of para-hydroxylation sites is 1. The van der Waals surface area contributed by atoms with E-state index in [0.29, 0.717) is 34.9 Å². The van der Waals surface area contributed by atoms with E-state index in [4.69, 9.17) is 9.47 Å². The minimum absolute atomic E-state index is 0.108. The number of anilines is 1. The van der Waals surface area contributed by atoms with Gasteiger partial charge < -0.3 is 14.8 Å². The molecule has 32 heavy (non-hydrogen) atoms. The Labute approximate surface area is 186 Å². The van der Waals surface area contributed by atoms with E-state index < -0.39 is 5.91 Å². The van der Waals surface area contributed by atoms with Gasteiger partial charge in [-0.15, -0.1) is 0 Å². The third kappa shape index (κ3) is 5.61. The first-order chi connectivity index (χ1) is 15.5. The number of carbonyl (C=O) groups is 2. The van der Waals surface area contributed by atoms with E-state index in [-0.39, 0.29) is 11.4 Å². The normalized spacial score (nSPS) is 10.7. The predicted octanol–water partition coefficient (Wildman–Crippen LogP) is 5.02. The van der Waals surface area contributed by atoms with Crippen LogP contribution in [0.3, 0.4) is 0 Å². The van der Waals surface area contributed by atoms with Crippen molar-refractivity contribution in [1.29, 1.82) is 5.26 Å². The first-order valence-corrected chi connectivity index (χ1v) is 9.89. The summed E-state index contributed by atoms with van der Waals surface area (Å²) < 4.78 is 11.3. The number of nitrogens with zero attached hydrogens (tertiary/aromatic N) is 1. The molecule has 0 fully saturated rings. The van der Waals surface area contributed by atoms with Gasteiger partial charge in [-0.3, -0.25) is 9.59 Å². The fourth-order valence-corrected chi connectivity index (χ4v) is 3.03. The Morgan fingerprint density at radius 1 is 1.00 bits per heavy atom. The second-order valence-electron chi connectivity index (χ2n) is 6.91. The summed E-state index contributed by atoms with van der Waals surface area (Å²) in [4.78, 5) is 24.4. The van der Waals surface area contributed by atoms with E-state index in [1.54, 1.807) is 42.5 Å². The van der Waals surface area contributed by atoms with Crippen molar-refractivity contribution in [3.05, 3.63) is 95.1 Å². The van der Waals surface area contributed by atoms with Gasteiger partial charge in [0.1, 0.15) is 18.2 Å². The molecule has 1 N–H and O–H groups in total. The van der Waals surface area contributed by atoms with Crippen molar-refractivity contribution in [3.8, 4) is 17.6 Å². The zero-order valence-corrected chi connectivity index (χ0v) is 17.8. The minimum atomic E-state index is -0.607. The van der Waals surface area contributed by atoms with Crippen LogP contribution in [0.5, 0.6) is 11.5 Å². The van der Waals surface area contributed by atoms with Crippen molar-refractivity contribution >= 4 is 23.5 Å². The zero-order chi connectivity index (χ0) is 22.9. The smallest absolute Gasteiger partial charge is 0.266 e. The van der Waals surface area contributed by atoms with E-state index in [1.165, 1.54) is 20.1 Å². The molecule has 6 nitrogen and oxygen atoms in total. The maximum Gasteiger partial charge on any atom is 0.266 e. The van der Waals surface area contributed by atoms with Crippen LogP contribution in [0.15, 0.2) is 78.4 Å². The molecular formula is C26H22N2O4. The van der Waals surface area contributed by atoms with Crippen LogP contribution >= 0.6 is 0 Å². The highest BCUT2D eigenvalue weighted by molar-refractivity contribution is 6.12. The number of rotatable bonds is 8. The van der Waals surface area contributed by atoms with Gasteiger partial charge in [-0.2, -0.15) is 5.26 Å². The molecule has 160 valence electrons. The largest absolute Gasteiger partial charge is 0.493 e. The van der Waals surface area contributed by atoms with Gasteiger partial charge in [0, 0.05) is 5.56 Å². The first kappa shape index (κ1) is 22.3. The molecule has 3 aromatic carbocycles. The summed E-state index contributed by atoms with van der Waals surface area (Å²) in [5.41, 5.74) is 2.24. The Bertz CT molecular complexity index is 1190. The lowest BCUT2D eigenvalue weighted by molar-refractivity contribution is -0.112. The fraction of sp³-hybridized carbons (Fsp3) is 0.115. The maximum absolute atomic E-state index is 12.6. The number of hydrogen-bond acceptors (Lipinski definition) is 5. The lowest BCUT2D eigenvalue weighted by Gasteiger charge is -2.12. The lowest BCUT2D eigenvalue weighted by atomic mass is 10.1. The van der Waals surface area contributed by atoms with Crippen molar-refractivity contribution in [2.24, 2.45) is 0 Å². The monoisotopic (exact) mass is 426 g/mol. The highest BCUT2D eigenvalue weighted by Crippen LogP contribution is 2.30. The molecule has 0 aliphatic heterocycles. The molecule has 0 saturated carbocycles. The van der Waals surface area contributed by atoms with Gasteiger partial charge in [0.25, 0.3) is 5.91 Å². The predicted molar refractivity (Wildman–Crippen MR) is 122 cm³/mol. The van der Waals surface area contributed by atoms with Crippen LogP contribution in [-0.4, -0.2) is 18.8 Å². The second-order valence-corrected chi connectivity index (χ2v) is 6.91. The number of Topliss-reactive ketones (excluding diaryl/α,β-unsaturated/α-hetero) is 1. The highest BCUT2D eigenvalue weighted by Gasteiger charge is 2.14. The molecule has 3 aromatic rings. The van der Waals surface area contributed by atoms with Crippen molar-refractivity contribution in [3.63, 3.8) is 0 Å². The molecule has 0 spiro atoms. The van der Waals surface area contributed by atoms with Gasteiger partial charge >= 0.3 is 0 Å². The number of carbonyl (C=O) groups excluding carboxylic acids is 2. The number of benzene rings is 3. The van der Waals surface area contributed by atoms with Crippen LogP contribution in [0.1, 0.15) is 28.4 Å². The maximum atomic E-state index is 12.6. The molecule has 0 heterocycles. The van der Waals surface area contributed by atoms with Crippen LogP contribution in [0.25, 0.3) is 6.08 Å². The Balaban J connectivity index is 1.78. The van der Waals surface area contributed by atoms with Crippen LogP contribution < -0.4 is 14.8 Å². The average Bonchev–Trinajstić information content (AvgIpc) is 2.82. The molecule has 0 aliphatic rings. The number of ketones is 1. The van der Waals surface area contributed by atoms with Gasteiger partial charge in [-0.1, -0.05) is 48.5 Å². The molecule has 0 saturated heterocycles. The van der Waals surface area contributed by atoms with Gasteiger partial charge in [0.05, 0.1) is 12.8 Å². The molecule has 0 atom stereocenters. The Hall–Kier alpha value is -4.37. The summed E-state index contributed by atoms with van der Waals surface area (Å²) in [6.07, 6.45) is 1.45. The zero-order valence-electron chi connectivity index (χ0n) is 17.8. The van der Waals surface area contributed by atoms with Crippen LogP contribution in [0, 0.1) is 11.3 Å². The Morgan fingerprint density at radius 3 is 2.41 bits per heavy atom. The quantitative estimate of drug-likeness (QED) is 0.310. The van der Waals surface area contributed by atoms with Gasteiger partial charge in [0.2, 0.25) is 0 Å². The molecule has 6 heteroatoms. The van der Waals surface area contributed by atoms with E-state index in [2.05, 4.69) is 5.32 Å². The van der Waals surface area contributed by atoms with Crippen LogP contribution in [0.4, 0.5) is 5.69 Å². The molecular weight excluding hydrogens is 404 g/mol. The number of hydrogen-bond donors (Lipinski definition) is 1. The number of amides is 1. The number of methoxy groups -OCH3 is 1. The molecule has 0 aromatic heterocycles. The van der Waals surface area contributed by atoms with Gasteiger partial charge in [-0.05, 0) is 48.4 Å². The van der Waals surface area contributed by atoms with E-state index >= 15 is 0 Å². The molecule has 1 amide bonds. The van der Waals surface area contributed by atoms with Crippen LogP contribution in [0.2, 0.25) is 0 Å². The van der Waals surface area contributed by atoms with Crippen molar-refractivity contribution in [2.75, 3.05) is 12.4 Å². The summed E-state index contributed by atoms with van der Waals surface area (Å²) in [6, 6.07) is 23.4. The van der Waals surface area contributed by atoms with Gasteiger partial charge in [0.15, 0.2) is 17.3 Å². The third-order valence-electron chi connectivity index (χ3n) is 4.66. The standard InChI is InChI=1S/C26H22N2O4/c1-18(29)22-10-6-7-11-23(22)28-26(30)21(16-27)14-20-12-13-24(25(15-20)31-2)32-17-19-8-4-3-5-9-19/h3-15H,17H2,1-2H3,(H,28,30)/b21-14-. The summed E-state index contributed by atoms with van der Waals surface area (Å²) >= 11 is 0. The third-order valence-corrected chi connectivity index (χ3v) is 4.66. The van der Waals surface area contributed by atoms with Crippen molar-refractivity contribution in [2.45, 2.75) is 13.5 Å². The average molecular weight is 426 g/mol. The second kappa shape index (κ2) is 10.6. The minimum Gasteiger partial charge on any atom is -0.493 e. The molecule has 0 unspecified atom stereocenters. The summed E-state index contributed by atoms with van der Waals surface area (Å²) in [5, 5.41) is 12.1. The Kier molecular flexibility index (Phi) is 7.39. The molecule has 0 bridgehead atoms. The number of ether oxygens (including phenoxy) is 2. The highest BCUT2D eigenvalue weighted by atomic mass is 16.5. The summed E-state index contributed by atoms with van der Waals surface area (Å²) in [6.45, 7) is 1.80. The van der Waals surface area contributed by atoms with Gasteiger partial charge in [-0.25, -0.2) is 0 Å². The van der Waals surface area contributed by atoms with Crippen LogP contribution in [-0.2, 0) is 11.4 Å². The Morgan fingerprint density at radius 2 is 1.72 bits per heavy atom. The topological polar surface area (TPSA) is 88.4 Å². The summed E-state index contributed by atoms with van der Waals surface area (Å²) in [5.74, 6) is 0.241. The number of nitrogens with one attached hydrogen (secondary N) is 1. The van der Waals surface area contributed by atoms with E-state index in [1.807, 2.05) is 36.4 Å². The van der Waals surface area contributed by atoms with E-state index in [0.717, 1.165) is 5.56 Å². The fourth-order valence-electron chi connectivity index (χ4n) is 3.03. The van der Waals surface area contributed by atoms with E-state index in [9.17, 15) is 14.9 Å². The molecule has 0 radical (unpaired) electrons.